The summed E-state index contributed by atoms with van der Waals surface area (Å²) in [5, 5.41) is 4.35. The lowest BCUT2D eigenvalue weighted by Gasteiger charge is -2.38. The lowest BCUT2D eigenvalue weighted by molar-refractivity contribution is 0.0899. The van der Waals surface area contributed by atoms with Gasteiger partial charge < -0.3 is 5.32 Å². The first kappa shape index (κ1) is 15.3. The average Bonchev–Trinajstić information content (AvgIpc) is 2.46. The Morgan fingerprint density at radius 2 is 2.09 bits per heavy atom. The van der Waals surface area contributed by atoms with Crippen LogP contribution in [0.1, 0.15) is 40.4 Å². The van der Waals surface area contributed by atoms with E-state index >= 15 is 0 Å². The molecule has 0 unspecified atom stereocenters. The second kappa shape index (κ2) is 6.27. The molecule has 0 saturated heterocycles. The quantitative estimate of drug-likeness (QED) is 0.905. The molecule has 1 aliphatic carbocycles. The van der Waals surface area contributed by atoms with E-state index in [1.165, 1.54) is 0 Å². The molecule has 1 saturated carbocycles. The van der Waals surface area contributed by atoms with E-state index in [0.717, 1.165) is 24.0 Å². The van der Waals surface area contributed by atoms with Crippen LogP contribution in [0, 0.1) is 6.92 Å². The molecular weight excluding hydrogens is 319 g/mol. The molecule has 1 heterocycles. The minimum atomic E-state index is -0.127. The normalized spacial score (nSPS) is 20.3. The number of aromatic nitrogens is 1. The van der Waals surface area contributed by atoms with Crippen molar-refractivity contribution in [3.63, 3.8) is 0 Å². The van der Waals surface area contributed by atoms with Crippen LogP contribution in [-0.4, -0.2) is 16.9 Å². The maximum absolute atomic E-state index is 12.4. The fourth-order valence-electron chi connectivity index (χ4n) is 2.81. The largest absolute Gasteiger partial charge is 0.347 e. The fraction of sp³-hybridized carbons (Fsp3) is 0.294. The van der Waals surface area contributed by atoms with Gasteiger partial charge in [-0.25, -0.2) is 0 Å². The molecule has 1 aromatic heterocycles. The van der Waals surface area contributed by atoms with Crippen LogP contribution in [0.15, 0.2) is 36.5 Å². The highest BCUT2D eigenvalue weighted by Gasteiger charge is 2.35. The molecule has 1 fully saturated rings. The van der Waals surface area contributed by atoms with Crippen LogP contribution < -0.4 is 5.32 Å². The van der Waals surface area contributed by atoms with E-state index in [1.54, 1.807) is 12.3 Å². The molecule has 0 radical (unpaired) electrons. The van der Waals surface area contributed by atoms with Crippen molar-refractivity contribution in [3.05, 3.63) is 63.4 Å². The molecule has 5 heteroatoms. The van der Waals surface area contributed by atoms with Crippen molar-refractivity contribution in [2.24, 2.45) is 0 Å². The van der Waals surface area contributed by atoms with Crippen LogP contribution in [0.4, 0.5) is 0 Å². The first-order valence-corrected chi connectivity index (χ1v) is 7.99. The van der Waals surface area contributed by atoms with Gasteiger partial charge in [0.2, 0.25) is 0 Å². The highest BCUT2D eigenvalue weighted by atomic mass is 35.5. The number of aryl methyl sites for hydroxylation is 1. The molecule has 3 nitrogen and oxygen atoms in total. The zero-order valence-electron chi connectivity index (χ0n) is 12.1. The molecule has 0 spiro atoms. The number of amides is 1. The van der Waals surface area contributed by atoms with Crippen molar-refractivity contribution in [3.8, 4) is 0 Å². The van der Waals surface area contributed by atoms with E-state index in [0.29, 0.717) is 15.7 Å². The van der Waals surface area contributed by atoms with Gasteiger partial charge in [0.25, 0.3) is 5.91 Å². The van der Waals surface area contributed by atoms with Crippen LogP contribution in [0.3, 0.4) is 0 Å². The Bertz CT molecular complexity index is 718. The summed E-state index contributed by atoms with van der Waals surface area (Å²) >= 11 is 12.2. The number of benzene rings is 1. The molecule has 2 aromatic rings. The smallest absolute Gasteiger partial charge is 0.270 e. The first-order chi connectivity index (χ1) is 10.6. The third kappa shape index (κ3) is 2.96. The van der Waals surface area contributed by atoms with Crippen molar-refractivity contribution in [1.29, 1.82) is 0 Å². The lowest BCUT2D eigenvalue weighted by atomic mass is 9.75. The molecule has 22 heavy (non-hydrogen) atoms. The van der Waals surface area contributed by atoms with Crippen LogP contribution in [0.2, 0.25) is 10.0 Å². The highest BCUT2D eigenvalue weighted by molar-refractivity contribution is 6.35. The lowest BCUT2D eigenvalue weighted by Crippen LogP contribution is -2.45. The summed E-state index contributed by atoms with van der Waals surface area (Å²) in [6, 6.07) is 9.33. The van der Waals surface area contributed by atoms with Crippen molar-refractivity contribution < 1.29 is 4.79 Å². The number of carbonyl (C=O) groups is 1. The van der Waals surface area contributed by atoms with E-state index in [-0.39, 0.29) is 17.9 Å². The zero-order chi connectivity index (χ0) is 15.7. The Hall–Kier alpha value is -1.58. The summed E-state index contributed by atoms with van der Waals surface area (Å²) in [5.41, 5.74) is 2.40. The summed E-state index contributed by atoms with van der Waals surface area (Å²) in [6.45, 7) is 1.89. The number of hydrogen-bond donors (Lipinski definition) is 1. The van der Waals surface area contributed by atoms with E-state index in [2.05, 4.69) is 10.3 Å². The molecule has 114 valence electrons. The SMILES string of the molecule is Cc1cccnc1C(=O)N[C@H]1CC[C@H]1c1ccc(Cl)cc1Cl. The second-order valence-corrected chi connectivity index (χ2v) is 6.44. The average molecular weight is 335 g/mol. The summed E-state index contributed by atoms with van der Waals surface area (Å²) < 4.78 is 0. The van der Waals surface area contributed by atoms with E-state index in [4.69, 9.17) is 23.2 Å². The van der Waals surface area contributed by atoms with Gasteiger partial charge in [-0.2, -0.15) is 0 Å². The topological polar surface area (TPSA) is 42.0 Å². The van der Waals surface area contributed by atoms with Gasteiger partial charge in [-0.3, -0.25) is 9.78 Å². The molecule has 0 bridgehead atoms. The highest BCUT2D eigenvalue weighted by Crippen LogP contribution is 2.40. The van der Waals surface area contributed by atoms with Gasteiger partial charge in [0.05, 0.1) is 0 Å². The maximum atomic E-state index is 12.4. The number of hydrogen-bond acceptors (Lipinski definition) is 2. The van der Waals surface area contributed by atoms with E-state index in [1.807, 2.05) is 31.2 Å². The molecule has 1 amide bonds. The second-order valence-electron chi connectivity index (χ2n) is 5.60. The van der Waals surface area contributed by atoms with Crippen molar-refractivity contribution in [1.82, 2.24) is 10.3 Å². The molecule has 1 aromatic carbocycles. The zero-order valence-corrected chi connectivity index (χ0v) is 13.7. The molecular formula is C17H16Cl2N2O. The Balaban J connectivity index is 1.74. The third-order valence-electron chi connectivity index (χ3n) is 4.18. The molecule has 1 N–H and O–H groups in total. The number of pyridine rings is 1. The number of halogens is 2. The van der Waals surface area contributed by atoms with Crippen LogP contribution in [-0.2, 0) is 0 Å². The number of carbonyl (C=O) groups excluding carboxylic acids is 1. The standard InChI is InChI=1S/C17H16Cl2N2O/c1-10-3-2-8-20-16(10)17(22)21-15-7-6-13(15)12-5-4-11(18)9-14(12)19/h2-5,8-9,13,15H,6-7H2,1H3,(H,21,22)/t13-,15-/m0/s1. The van der Waals surface area contributed by atoms with Crippen LogP contribution >= 0.6 is 23.2 Å². The molecule has 2 atom stereocenters. The van der Waals surface area contributed by atoms with Gasteiger partial charge >= 0.3 is 0 Å². The minimum Gasteiger partial charge on any atom is -0.347 e. The van der Waals surface area contributed by atoms with E-state index < -0.39 is 0 Å². The van der Waals surface area contributed by atoms with Gasteiger partial charge in [0, 0.05) is 28.2 Å². The van der Waals surface area contributed by atoms with Gasteiger partial charge in [-0.15, -0.1) is 0 Å². The monoisotopic (exact) mass is 334 g/mol. The minimum absolute atomic E-state index is 0.0904. The predicted molar refractivity (Wildman–Crippen MR) is 88.7 cm³/mol. The van der Waals surface area contributed by atoms with Gasteiger partial charge in [0.15, 0.2) is 0 Å². The first-order valence-electron chi connectivity index (χ1n) is 7.23. The molecule has 1 aliphatic rings. The summed E-state index contributed by atoms with van der Waals surface area (Å²) in [5.74, 6) is 0.107. The summed E-state index contributed by atoms with van der Waals surface area (Å²) in [7, 11) is 0. The van der Waals surface area contributed by atoms with Crippen molar-refractivity contribution in [2.45, 2.75) is 31.7 Å². The predicted octanol–water partition coefficient (Wildman–Crippen LogP) is 4.37. The number of nitrogens with one attached hydrogen (secondary N) is 1. The van der Waals surface area contributed by atoms with E-state index in [9.17, 15) is 4.79 Å². The Morgan fingerprint density at radius 3 is 2.73 bits per heavy atom. The molecule has 3 rings (SSSR count). The molecule has 0 aliphatic heterocycles. The Labute approximate surface area is 139 Å². The van der Waals surface area contributed by atoms with Gasteiger partial charge in [-0.05, 0) is 49.1 Å². The van der Waals surface area contributed by atoms with Gasteiger partial charge in [-0.1, -0.05) is 35.3 Å². The van der Waals surface area contributed by atoms with Crippen LogP contribution in [0.25, 0.3) is 0 Å². The Kier molecular flexibility index (Phi) is 4.37. The van der Waals surface area contributed by atoms with Crippen LogP contribution in [0.5, 0.6) is 0 Å². The summed E-state index contributed by atoms with van der Waals surface area (Å²) in [6.07, 6.45) is 3.59. The van der Waals surface area contributed by atoms with Crippen molar-refractivity contribution >= 4 is 29.1 Å². The number of rotatable bonds is 3. The van der Waals surface area contributed by atoms with Gasteiger partial charge in [0.1, 0.15) is 5.69 Å². The fourth-order valence-corrected chi connectivity index (χ4v) is 3.36. The summed E-state index contributed by atoms with van der Waals surface area (Å²) in [4.78, 5) is 16.5. The maximum Gasteiger partial charge on any atom is 0.270 e. The number of nitrogens with zero attached hydrogens (tertiary/aromatic N) is 1. The third-order valence-corrected chi connectivity index (χ3v) is 4.74. The Morgan fingerprint density at radius 1 is 1.27 bits per heavy atom. The van der Waals surface area contributed by atoms with Crippen molar-refractivity contribution in [2.75, 3.05) is 0 Å².